The third kappa shape index (κ3) is 22.6. The normalized spacial score (nSPS) is 12.5. The summed E-state index contributed by atoms with van der Waals surface area (Å²) in [5.41, 5.74) is 1.51. The van der Waals surface area contributed by atoms with Crippen molar-refractivity contribution in [2.24, 2.45) is 0 Å². The van der Waals surface area contributed by atoms with Crippen LogP contribution in [-0.4, -0.2) is 24.1 Å². The molecule has 0 spiro atoms. The van der Waals surface area contributed by atoms with Crippen LogP contribution in [0.4, 0.5) is 0 Å². The van der Waals surface area contributed by atoms with Gasteiger partial charge in [0.1, 0.15) is 6.54 Å². The van der Waals surface area contributed by atoms with Crippen molar-refractivity contribution >= 4 is 0 Å². The summed E-state index contributed by atoms with van der Waals surface area (Å²) >= 11 is 0. The van der Waals surface area contributed by atoms with Gasteiger partial charge >= 0.3 is 0 Å². The van der Waals surface area contributed by atoms with E-state index < -0.39 is 0 Å². The van der Waals surface area contributed by atoms with Crippen molar-refractivity contribution in [3.63, 3.8) is 0 Å². The SMILES string of the molecule is CCCCCC/C=C/CCC[N+](CCC/C=C/CCCCCC)(CCC/C=C/CCCCCC)Cc1ccccc1. The van der Waals surface area contributed by atoms with Crippen LogP contribution in [0.3, 0.4) is 0 Å². The molecule has 1 nitrogen and oxygen atoms in total. The van der Waals surface area contributed by atoms with Crippen LogP contribution in [0.1, 0.15) is 161 Å². The average Bonchev–Trinajstić information content (AvgIpc) is 2.99. The smallest absolute Gasteiger partial charge is 0.104 e. The van der Waals surface area contributed by atoms with Gasteiger partial charge in [-0.1, -0.05) is 145 Å². The quantitative estimate of drug-likeness (QED) is 0.0515. The molecule has 0 atom stereocenters. The molecule has 0 fully saturated rings. The highest BCUT2D eigenvalue weighted by Gasteiger charge is 2.26. The first-order valence-electron chi connectivity index (χ1n) is 18.1. The summed E-state index contributed by atoms with van der Waals surface area (Å²) in [5.74, 6) is 0. The summed E-state index contributed by atoms with van der Waals surface area (Å²) in [6.45, 7) is 12.0. The van der Waals surface area contributed by atoms with Crippen molar-refractivity contribution in [1.29, 1.82) is 0 Å². The lowest BCUT2D eigenvalue weighted by molar-refractivity contribution is -0.941. The molecule has 1 heteroatoms. The predicted molar refractivity (Wildman–Crippen MR) is 186 cm³/mol. The van der Waals surface area contributed by atoms with Gasteiger partial charge in [-0.15, -0.1) is 0 Å². The minimum atomic E-state index is 1.18. The fourth-order valence-corrected chi connectivity index (χ4v) is 5.95. The van der Waals surface area contributed by atoms with Crippen molar-refractivity contribution in [3.8, 4) is 0 Å². The Balaban J connectivity index is 2.73. The highest BCUT2D eigenvalue weighted by Crippen LogP contribution is 2.21. The molecule has 0 radical (unpaired) electrons. The van der Waals surface area contributed by atoms with Gasteiger partial charge in [0.15, 0.2) is 0 Å². The third-order valence-electron chi connectivity index (χ3n) is 8.54. The van der Waals surface area contributed by atoms with Gasteiger partial charge in [-0.2, -0.15) is 0 Å². The van der Waals surface area contributed by atoms with Gasteiger partial charge < -0.3 is 4.48 Å². The zero-order valence-corrected chi connectivity index (χ0v) is 28.0. The average molecular weight is 565 g/mol. The maximum Gasteiger partial charge on any atom is 0.104 e. The fraction of sp³-hybridized carbons (Fsp3) is 0.700. The Morgan fingerprint density at radius 1 is 0.415 bits per heavy atom. The number of quaternary nitrogens is 1. The summed E-state index contributed by atoms with van der Waals surface area (Å²) in [6.07, 6.45) is 42.6. The van der Waals surface area contributed by atoms with E-state index in [4.69, 9.17) is 0 Å². The molecule has 0 amide bonds. The number of hydrogen-bond donors (Lipinski definition) is 0. The fourth-order valence-electron chi connectivity index (χ4n) is 5.95. The molecule has 0 N–H and O–H groups in total. The molecule has 0 bridgehead atoms. The van der Waals surface area contributed by atoms with Crippen molar-refractivity contribution in [3.05, 3.63) is 72.4 Å². The van der Waals surface area contributed by atoms with E-state index in [0.29, 0.717) is 0 Å². The van der Waals surface area contributed by atoms with E-state index in [1.165, 1.54) is 171 Å². The number of benzene rings is 1. The summed E-state index contributed by atoms with van der Waals surface area (Å²) in [7, 11) is 0. The Labute approximate surface area is 258 Å². The van der Waals surface area contributed by atoms with Crippen molar-refractivity contribution in [2.45, 2.75) is 162 Å². The first kappa shape index (κ1) is 37.4. The molecule has 0 aliphatic carbocycles. The lowest BCUT2D eigenvalue weighted by atomic mass is 10.1. The second kappa shape index (κ2) is 28.5. The van der Waals surface area contributed by atoms with Crippen LogP contribution < -0.4 is 0 Å². The largest absolute Gasteiger partial charge is 0.320 e. The first-order chi connectivity index (χ1) is 20.3. The monoisotopic (exact) mass is 565 g/mol. The van der Waals surface area contributed by atoms with Gasteiger partial charge in [-0.05, 0) is 57.8 Å². The highest BCUT2D eigenvalue weighted by atomic mass is 15.3. The number of rotatable bonds is 29. The number of unbranched alkanes of at least 4 members (excludes halogenated alkanes) is 15. The molecule has 0 aromatic heterocycles. The van der Waals surface area contributed by atoms with E-state index in [0.717, 1.165) is 0 Å². The molecule has 0 heterocycles. The van der Waals surface area contributed by atoms with Crippen LogP contribution >= 0.6 is 0 Å². The molecule has 0 saturated heterocycles. The van der Waals surface area contributed by atoms with Gasteiger partial charge in [-0.3, -0.25) is 0 Å². The maximum atomic E-state index is 2.48. The number of allylic oxidation sites excluding steroid dienone is 6. The van der Waals surface area contributed by atoms with Crippen molar-refractivity contribution < 1.29 is 4.48 Å². The van der Waals surface area contributed by atoms with Crippen LogP contribution in [0.2, 0.25) is 0 Å². The molecule has 0 aliphatic rings. The lowest BCUT2D eigenvalue weighted by Gasteiger charge is -2.39. The highest BCUT2D eigenvalue weighted by molar-refractivity contribution is 5.13. The molecular formula is C40H70N+. The van der Waals surface area contributed by atoms with Gasteiger partial charge in [0, 0.05) is 24.8 Å². The van der Waals surface area contributed by atoms with Gasteiger partial charge in [0.05, 0.1) is 19.6 Å². The summed E-state index contributed by atoms with van der Waals surface area (Å²) < 4.78 is 1.25. The molecule has 0 aliphatic heterocycles. The van der Waals surface area contributed by atoms with Crippen LogP contribution in [0.25, 0.3) is 0 Å². The van der Waals surface area contributed by atoms with Gasteiger partial charge in [0.2, 0.25) is 0 Å². The molecule has 1 aromatic carbocycles. The first-order valence-corrected chi connectivity index (χ1v) is 18.1. The summed E-state index contributed by atoms with van der Waals surface area (Å²) in [5, 5.41) is 0. The van der Waals surface area contributed by atoms with E-state index in [2.05, 4.69) is 87.6 Å². The Bertz CT molecular complexity index is 674. The lowest BCUT2D eigenvalue weighted by Crippen LogP contribution is -2.49. The van der Waals surface area contributed by atoms with E-state index in [-0.39, 0.29) is 0 Å². The number of hydrogen-bond acceptors (Lipinski definition) is 0. The summed E-state index contributed by atoms with van der Waals surface area (Å²) in [4.78, 5) is 0. The van der Waals surface area contributed by atoms with Gasteiger partial charge in [-0.25, -0.2) is 0 Å². The molecule has 0 unspecified atom stereocenters. The van der Waals surface area contributed by atoms with E-state index >= 15 is 0 Å². The van der Waals surface area contributed by atoms with Crippen LogP contribution in [0.15, 0.2) is 66.8 Å². The Morgan fingerprint density at radius 3 is 1.10 bits per heavy atom. The Morgan fingerprint density at radius 2 is 0.756 bits per heavy atom. The summed E-state index contributed by atoms with van der Waals surface area (Å²) in [6, 6.07) is 11.3. The topological polar surface area (TPSA) is 0 Å². The van der Waals surface area contributed by atoms with Gasteiger partial charge in [0.25, 0.3) is 0 Å². The van der Waals surface area contributed by atoms with Crippen LogP contribution in [0.5, 0.6) is 0 Å². The van der Waals surface area contributed by atoms with Crippen LogP contribution in [0, 0.1) is 0 Å². The Kier molecular flexibility index (Phi) is 26.0. The van der Waals surface area contributed by atoms with Crippen LogP contribution in [-0.2, 0) is 6.54 Å². The zero-order chi connectivity index (χ0) is 29.5. The van der Waals surface area contributed by atoms with E-state index in [1.807, 2.05) is 0 Å². The second-order valence-electron chi connectivity index (χ2n) is 12.5. The van der Waals surface area contributed by atoms with Crippen molar-refractivity contribution in [1.82, 2.24) is 0 Å². The maximum absolute atomic E-state index is 2.48. The van der Waals surface area contributed by atoms with Crippen molar-refractivity contribution in [2.75, 3.05) is 19.6 Å². The molecule has 1 aromatic rings. The molecule has 234 valence electrons. The minimum Gasteiger partial charge on any atom is -0.320 e. The minimum absolute atomic E-state index is 1.18. The number of nitrogens with zero attached hydrogens (tertiary/aromatic N) is 1. The molecule has 41 heavy (non-hydrogen) atoms. The van der Waals surface area contributed by atoms with E-state index in [9.17, 15) is 0 Å². The zero-order valence-electron chi connectivity index (χ0n) is 28.0. The standard InChI is InChI=1S/C40H70N/c1-4-7-10-13-16-19-22-25-31-36-41(39-40-34-29-28-30-35-40,37-32-26-23-20-17-14-11-8-5-2)38-33-27-24-21-18-15-12-9-6-3/h19-24,28-30,34-35H,4-18,25-27,31-33,36-39H2,1-3H3/q+1/b22-19+,23-20+,24-21+. The Hall–Kier alpha value is -1.60. The molecular weight excluding hydrogens is 494 g/mol. The van der Waals surface area contributed by atoms with E-state index in [1.54, 1.807) is 0 Å². The molecule has 0 saturated carbocycles. The molecule has 1 rings (SSSR count). The second-order valence-corrected chi connectivity index (χ2v) is 12.5. The predicted octanol–water partition coefficient (Wildman–Crippen LogP) is 12.9. The third-order valence-corrected chi connectivity index (χ3v) is 8.54.